The summed E-state index contributed by atoms with van der Waals surface area (Å²) in [4.78, 5) is 13.9. The first-order valence-corrected chi connectivity index (χ1v) is 7.60. The zero-order chi connectivity index (χ0) is 14.9. The summed E-state index contributed by atoms with van der Waals surface area (Å²) >= 11 is 0. The number of hydrogen-bond donors (Lipinski definition) is 0. The maximum atomic E-state index is 11.6. The van der Waals surface area contributed by atoms with Crippen LogP contribution in [0.1, 0.15) is 30.9 Å². The molecule has 0 unspecified atom stereocenters. The van der Waals surface area contributed by atoms with E-state index in [2.05, 4.69) is 53.4 Å². The molecule has 0 saturated carbocycles. The van der Waals surface area contributed by atoms with E-state index in [4.69, 9.17) is 0 Å². The van der Waals surface area contributed by atoms with Crippen molar-refractivity contribution in [3.05, 3.63) is 71.8 Å². The van der Waals surface area contributed by atoms with Crippen molar-refractivity contribution in [3.63, 3.8) is 0 Å². The molecule has 0 aliphatic carbocycles. The summed E-state index contributed by atoms with van der Waals surface area (Å²) in [5.74, 6) is 0.334. The number of nitrogens with zero attached hydrogens (tertiary/aromatic N) is 1. The molecule has 0 spiro atoms. The third-order valence-corrected chi connectivity index (χ3v) is 3.60. The monoisotopic (exact) mass is 281 g/mol. The van der Waals surface area contributed by atoms with Crippen molar-refractivity contribution in [2.75, 3.05) is 6.54 Å². The molecular formula is C19H23NO. The summed E-state index contributed by atoms with van der Waals surface area (Å²) < 4.78 is 0. The highest BCUT2D eigenvalue weighted by atomic mass is 16.1. The van der Waals surface area contributed by atoms with Gasteiger partial charge in [0.25, 0.3) is 0 Å². The highest BCUT2D eigenvalue weighted by Crippen LogP contribution is 2.11. The van der Waals surface area contributed by atoms with Crippen LogP contribution in [-0.4, -0.2) is 17.2 Å². The molecule has 0 aromatic heterocycles. The second kappa shape index (κ2) is 8.38. The second-order valence-corrected chi connectivity index (χ2v) is 5.32. The maximum Gasteiger partial charge on any atom is 0.133 e. The van der Waals surface area contributed by atoms with Gasteiger partial charge in [0, 0.05) is 32.5 Å². The number of ketones is 1. The number of rotatable bonds is 8. The highest BCUT2D eigenvalue weighted by molar-refractivity contribution is 5.78. The fourth-order valence-electron chi connectivity index (χ4n) is 2.36. The molecule has 0 bridgehead atoms. The normalized spacial score (nSPS) is 10.8. The quantitative estimate of drug-likeness (QED) is 0.727. The molecule has 2 aromatic carbocycles. The summed E-state index contributed by atoms with van der Waals surface area (Å²) in [6.45, 7) is 4.51. The highest BCUT2D eigenvalue weighted by Gasteiger charge is 2.09. The molecule has 0 atom stereocenters. The van der Waals surface area contributed by atoms with Crippen molar-refractivity contribution in [2.45, 2.75) is 32.9 Å². The zero-order valence-corrected chi connectivity index (χ0v) is 12.7. The Morgan fingerprint density at radius 3 is 1.76 bits per heavy atom. The van der Waals surface area contributed by atoms with E-state index < -0.39 is 0 Å². The fraction of sp³-hybridized carbons (Fsp3) is 0.316. The van der Waals surface area contributed by atoms with Crippen LogP contribution in [0.15, 0.2) is 60.7 Å². The molecule has 0 fully saturated rings. The molecule has 0 radical (unpaired) electrons. The molecule has 2 nitrogen and oxygen atoms in total. The van der Waals surface area contributed by atoms with Gasteiger partial charge in [0.05, 0.1) is 0 Å². The van der Waals surface area contributed by atoms with E-state index in [0.717, 1.165) is 19.6 Å². The molecule has 2 aromatic rings. The Bertz CT molecular complexity index is 495. The van der Waals surface area contributed by atoms with Crippen LogP contribution in [-0.2, 0) is 17.9 Å². The number of carbonyl (C=O) groups is 1. The average molecular weight is 281 g/mol. The smallest absolute Gasteiger partial charge is 0.133 e. The fourth-order valence-corrected chi connectivity index (χ4v) is 2.36. The molecule has 0 aliphatic rings. The third-order valence-electron chi connectivity index (χ3n) is 3.60. The summed E-state index contributed by atoms with van der Waals surface area (Å²) in [6, 6.07) is 20.9. The Kier molecular flexibility index (Phi) is 6.17. The average Bonchev–Trinajstić information content (AvgIpc) is 2.54. The van der Waals surface area contributed by atoms with Crippen LogP contribution >= 0.6 is 0 Å². The minimum absolute atomic E-state index is 0.334. The number of carbonyl (C=O) groups excluding carboxylic acids is 1. The van der Waals surface area contributed by atoms with Gasteiger partial charge in [-0.3, -0.25) is 9.69 Å². The van der Waals surface area contributed by atoms with Crippen LogP contribution < -0.4 is 0 Å². The molecule has 110 valence electrons. The number of benzene rings is 2. The van der Waals surface area contributed by atoms with Gasteiger partial charge in [-0.05, 0) is 11.1 Å². The van der Waals surface area contributed by atoms with E-state index in [0.29, 0.717) is 18.6 Å². The van der Waals surface area contributed by atoms with Gasteiger partial charge < -0.3 is 0 Å². The van der Waals surface area contributed by atoms with Gasteiger partial charge in [-0.2, -0.15) is 0 Å². The van der Waals surface area contributed by atoms with Crippen molar-refractivity contribution >= 4 is 5.78 Å². The lowest BCUT2D eigenvalue weighted by atomic mass is 10.1. The van der Waals surface area contributed by atoms with Crippen LogP contribution in [0.5, 0.6) is 0 Å². The molecule has 0 heterocycles. The minimum atomic E-state index is 0.334. The first-order chi connectivity index (χ1) is 10.3. The second-order valence-electron chi connectivity index (χ2n) is 5.32. The summed E-state index contributed by atoms with van der Waals surface area (Å²) in [5.41, 5.74) is 2.58. The van der Waals surface area contributed by atoms with Gasteiger partial charge in [-0.25, -0.2) is 0 Å². The van der Waals surface area contributed by atoms with Crippen LogP contribution in [0.3, 0.4) is 0 Å². The van der Waals surface area contributed by atoms with Crippen molar-refractivity contribution in [1.82, 2.24) is 4.90 Å². The predicted molar refractivity (Wildman–Crippen MR) is 86.9 cm³/mol. The van der Waals surface area contributed by atoms with E-state index in [1.54, 1.807) is 0 Å². The number of Topliss-reactive ketones (excluding diaryl/α,β-unsaturated/α-hetero) is 1. The lowest BCUT2D eigenvalue weighted by molar-refractivity contribution is -0.119. The lowest BCUT2D eigenvalue weighted by Gasteiger charge is -2.22. The maximum absolute atomic E-state index is 11.6. The van der Waals surface area contributed by atoms with E-state index >= 15 is 0 Å². The third kappa shape index (κ3) is 5.52. The molecule has 0 saturated heterocycles. The first-order valence-electron chi connectivity index (χ1n) is 7.60. The molecule has 2 heteroatoms. The Morgan fingerprint density at radius 1 is 0.857 bits per heavy atom. The topological polar surface area (TPSA) is 20.3 Å². The van der Waals surface area contributed by atoms with Crippen LogP contribution in [0.4, 0.5) is 0 Å². The van der Waals surface area contributed by atoms with Gasteiger partial charge in [0.1, 0.15) is 5.78 Å². The van der Waals surface area contributed by atoms with E-state index in [-0.39, 0.29) is 0 Å². The van der Waals surface area contributed by atoms with Crippen molar-refractivity contribution in [3.8, 4) is 0 Å². The van der Waals surface area contributed by atoms with Gasteiger partial charge in [-0.15, -0.1) is 0 Å². The van der Waals surface area contributed by atoms with Gasteiger partial charge >= 0.3 is 0 Å². The zero-order valence-electron chi connectivity index (χ0n) is 12.7. The minimum Gasteiger partial charge on any atom is -0.300 e. The molecule has 0 N–H and O–H groups in total. The van der Waals surface area contributed by atoms with E-state index in [9.17, 15) is 4.79 Å². The van der Waals surface area contributed by atoms with Crippen molar-refractivity contribution in [1.29, 1.82) is 0 Å². The standard InChI is InChI=1S/C19H23NO/c1-2-19(21)13-14-20(15-17-9-5-3-6-10-17)16-18-11-7-4-8-12-18/h3-12H,2,13-16H2,1H3. The number of hydrogen-bond acceptors (Lipinski definition) is 2. The van der Waals surface area contributed by atoms with Gasteiger partial charge in [0.2, 0.25) is 0 Å². The Balaban J connectivity index is 2.01. The molecular weight excluding hydrogens is 258 g/mol. The Morgan fingerprint density at radius 2 is 1.33 bits per heavy atom. The van der Waals surface area contributed by atoms with Gasteiger partial charge in [0.15, 0.2) is 0 Å². The Hall–Kier alpha value is -1.93. The van der Waals surface area contributed by atoms with E-state index in [1.165, 1.54) is 11.1 Å². The molecule has 21 heavy (non-hydrogen) atoms. The first kappa shape index (κ1) is 15.5. The largest absolute Gasteiger partial charge is 0.300 e. The van der Waals surface area contributed by atoms with Crippen LogP contribution in [0.25, 0.3) is 0 Å². The molecule has 0 amide bonds. The lowest BCUT2D eigenvalue weighted by Crippen LogP contribution is -2.25. The summed E-state index contributed by atoms with van der Waals surface area (Å²) in [6.07, 6.45) is 1.26. The Labute approximate surface area is 127 Å². The van der Waals surface area contributed by atoms with E-state index in [1.807, 2.05) is 19.1 Å². The van der Waals surface area contributed by atoms with Crippen LogP contribution in [0.2, 0.25) is 0 Å². The van der Waals surface area contributed by atoms with Crippen molar-refractivity contribution < 1.29 is 4.79 Å². The molecule has 2 rings (SSSR count). The SMILES string of the molecule is CCC(=O)CCN(Cc1ccccc1)Cc1ccccc1. The van der Waals surface area contributed by atoms with Gasteiger partial charge in [-0.1, -0.05) is 67.6 Å². The molecule has 0 aliphatic heterocycles. The van der Waals surface area contributed by atoms with Crippen LogP contribution in [0, 0.1) is 0 Å². The summed E-state index contributed by atoms with van der Waals surface area (Å²) in [7, 11) is 0. The predicted octanol–water partition coefficient (Wildman–Crippen LogP) is 4.06. The van der Waals surface area contributed by atoms with Crippen molar-refractivity contribution in [2.24, 2.45) is 0 Å². The summed E-state index contributed by atoms with van der Waals surface area (Å²) in [5, 5.41) is 0.